The number of hydrogen-bond acceptors (Lipinski definition) is 3. The van der Waals surface area contributed by atoms with Crippen LogP contribution < -0.4 is 10.1 Å². The Kier molecular flexibility index (Phi) is 3.66. The first-order valence-corrected chi connectivity index (χ1v) is 6.93. The summed E-state index contributed by atoms with van der Waals surface area (Å²) in [6, 6.07) is 10.6. The number of nitrogens with zero attached hydrogens (tertiary/aromatic N) is 1. The van der Waals surface area contributed by atoms with Gasteiger partial charge in [-0.05, 0) is 12.1 Å². The molecule has 0 saturated carbocycles. The maximum absolute atomic E-state index is 11.9. The highest BCUT2D eigenvalue weighted by atomic mass is 35.5. The van der Waals surface area contributed by atoms with Crippen LogP contribution in [0.5, 0.6) is 5.75 Å². The van der Waals surface area contributed by atoms with Gasteiger partial charge in [0.2, 0.25) is 0 Å². The number of carbonyl (C=O) groups excluding carboxylic acids is 2. The van der Waals surface area contributed by atoms with Gasteiger partial charge < -0.3 is 10.1 Å². The predicted octanol–water partition coefficient (Wildman–Crippen LogP) is 2.42. The van der Waals surface area contributed by atoms with E-state index in [0.717, 1.165) is 15.7 Å². The minimum absolute atomic E-state index is 0.182. The number of halogens is 1. The molecule has 6 heteroatoms. The normalized spacial score (nSPS) is 14.3. The van der Waals surface area contributed by atoms with Crippen LogP contribution in [0.3, 0.4) is 0 Å². The molecule has 0 radical (unpaired) electrons. The molecule has 0 atom stereocenters. The van der Waals surface area contributed by atoms with E-state index in [2.05, 4.69) is 5.32 Å². The van der Waals surface area contributed by atoms with Gasteiger partial charge >= 0.3 is 6.03 Å². The molecule has 0 aliphatic carbocycles. The Morgan fingerprint density at radius 1 is 1.24 bits per heavy atom. The van der Waals surface area contributed by atoms with Crippen LogP contribution in [0.4, 0.5) is 4.79 Å². The Hall–Kier alpha value is -2.27. The van der Waals surface area contributed by atoms with E-state index in [9.17, 15) is 9.59 Å². The third kappa shape index (κ3) is 2.64. The molecule has 1 heterocycles. The first kappa shape index (κ1) is 13.7. The fourth-order valence-electron chi connectivity index (χ4n) is 2.29. The lowest BCUT2D eigenvalue weighted by molar-refractivity contribution is -0.129. The Morgan fingerprint density at radius 2 is 2.00 bits per heavy atom. The lowest BCUT2D eigenvalue weighted by Crippen LogP contribution is -2.37. The molecule has 0 aromatic heterocycles. The predicted molar refractivity (Wildman–Crippen MR) is 79.6 cm³/mol. The lowest BCUT2D eigenvalue weighted by atomic mass is 10.1. The highest BCUT2D eigenvalue weighted by Crippen LogP contribution is 2.31. The molecule has 1 fully saturated rings. The number of fused-ring (bicyclic) bond motifs is 1. The van der Waals surface area contributed by atoms with Gasteiger partial charge in [-0.15, -0.1) is 0 Å². The van der Waals surface area contributed by atoms with Crippen LogP contribution in [0.25, 0.3) is 10.8 Å². The van der Waals surface area contributed by atoms with Crippen molar-refractivity contribution >= 4 is 34.3 Å². The maximum Gasteiger partial charge on any atom is 0.324 e. The van der Waals surface area contributed by atoms with E-state index in [-0.39, 0.29) is 18.5 Å². The van der Waals surface area contributed by atoms with Crippen LogP contribution in [0, 0.1) is 0 Å². The van der Waals surface area contributed by atoms with E-state index in [4.69, 9.17) is 16.3 Å². The fraction of sp³-hybridized carbons (Fsp3) is 0.200. The van der Waals surface area contributed by atoms with Gasteiger partial charge in [0, 0.05) is 28.9 Å². The van der Waals surface area contributed by atoms with Crippen molar-refractivity contribution in [1.29, 1.82) is 0 Å². The summed E-state index contributed by atoms with van der Waals surface area (Å²) in [6.45, 7) is 0.676. The number of urea groups is 1. The van der Waals surface area contributed by atoms with Crippen molar-refractivity contribution in [2.24, 2.45) is 0 Å². The summed E-state index contributed by atoms with van der Waals surface area (Å²) in [7, 11) is 0. The third-order valence-corrected chi connectivity index (χ3v) is 3.67. The quantitative estimate of drug-likeness (QED) is 0.947. The minimum Gasteiger partial charge on any atom is -0.483 e. The molecular formula is C15H13ClN2O3. The largest absolute Gasteiger partial charge is 0.483 e. The second-order valence-corrected chi connectivity index (χ2v) is 5.06. The smallest absolute Gasteiger partial charge is 0.324 e. The average molecular weight is 305 g/mol. The van der Waals surface area contributed by atoms with E-state index in [1.807, 2.05) is 24.3 Å². The van der Waals surface area contributed by atoms with Gasteiger partial charge in [0.05, 0.1) is 0 Å². The van der Waals surface area contributed by atoms with Crippen molar-refractivity contribution in [1.82, 2.24) is 10.2 Å². The van der Waals surface area contributed by atoms with Crippen LogP contribution in [-0.2, 0) is 4.79 Å². The molecule has 3 rings (SSSR count). The first-order chi connectivity index (χ1) is 10.2. The van der Waals surface area contributed by atoms with Crippen molar-refractivity contribution in [2.75, 3.05) is 19.7 Å². The Morgan fingerprint density at radius 3 is 2.71 bits per heavy atom. The zero-order chi connectivity index (χ0) is 14.8. The molecular weight excluding hydrogens is 292 g/mol. The van der Waals surface area contributed by atoms with Crippen LogP contribution in [0.2, 0.25) is 5.02 Å². The van der Waals surface area contributed by atoms with E-state index >= 15 is 0 Å². The fourth-order valence-corrected chi connectivity index (χ4v) is 2.52. The highest BCUT2D eigenvalue weighted by Gasteiger charge is 2.26. The van der Waals surface area contributed by atoms with Gasteiger partial charge in [-0.25, -0.2) is 4.79 Å². The standard InChI is InChI=1S/C15H13ClN2O3/c16-12-5-6-13(11-4-2-1-3-10(11)12)21-9-14(19)18-8-7-17-15(18)20/h1-6H,7-9H2,(H,17,20). The van der Waals surface area contributed by atoms with E-state index < -0.39 is 0 Å². The summed E-state index contributed by atoms with van der Waals surface area (Å²) in [6.07, 6.45) is 0. The number of imide groups is 1. The highest BCUT2D eigenvalue weighted by molar-refractivity contribution is 6.35. The molecule has 0 spiro atoms. The van der Waals surface area contributed by atoms with Crippen molar-refractivity contribution in [3.63, 3.8) is 0 Å². The van der Waals surface area contributed by atoms with E-state index in [1.54, 1.807) is 12.1 Å². The summed E-state index contributed by atoms with van der Waals surface area (Å²) in [5.41, 5.74) is 0. The van der Waals surface area contributed by atoms with Crippen LogP contribution >= 0.6 is 11.6 Å². The van der Waals surface area contributed by atoms with Crippen LogP contribution in [0.15, 0.2) is 36.4 Å². The first-order valence-electron chi connectivity index (χ1n) is 6.55. The molecule has 0 bridgehead atoms. The molecule has 1 aliphatic rings. The van der Waals surface area contributed by atoms with Gasteiger partial charge in [0.15, 0.2) is 6.61 Å². The van der Waals surface area contributed by atoms with Crippen molar-refractivity contribution in [3.8, 4) is 5.75 Å². The Bertz CT molecular complexity index is 717. The number of hydrogen-bond donors (Lipinski definition) is 1. The monoisotopic (exact) mass is 304 g/mol. The van der Waals surface area contributed by atoms with Gasteiger partial charge in [0.1, 0.15) is 5.75 Å². The summed E-state index contributed by atoms with van der Waals surface area (Å²) in [4.78, 5) is 24.5. The number of nitrogens with one attached hydrogen (secondary N) is 1. The number of ether oxygens (including phenoxy) is 1. The van der Waals surface area contributed by atoms with Gasteiger partial charge in [-0.1, -0.05) is 35.9 Å². The summed E-state index contributed by atoms with van der Waals surface area (Å²) < 4.78 is 5.57. The maximum atomic E-state index is 11.9. The number of rotatable bonds is 3. The zero-order valence-corrected chi connectivity index (χ0v) is 11.9. The average Bonchev–Trinajstić information content (AvgIpc) is 2.93. The summed E-state index contributed by atoms with van der Waals surface area (Å²) in [5, 5.41) is 4.91. The van der Waals surface area contributed by atoms with Crippen LogP contribution in [0.1, 0.15) is 0 Å². The molecule has 2 aromatic carbocycles. The van der Waals surface area contributed by atoms with Gasteiger partial charge in [-0.2, -0.15) is 0 Å². The topological polar surface area (TPSA) is 58.6 Å². The van der Waals surface area contributed by atoms with E-state index in [0.29, 0.717) is 23.9 Å². The Balaban J connectivity index is 1.78. The molecule has 3 amide bonds. The molecule has 1 N–H and O–H groups in total. The number of benzene rings is 2. The molecule has 108 valence electrons. The second-order valence-electron chi connectivity index (χ2n) is 4.66. The molecule has 21 heavy (non-hydrogen) atoms. The van der Waals surface area contributed by atoms with E-state index in [1.165, 1.54) is 0 Å². The summed E-state index contributed by atoms with van der Waals surface area (Å²) in [5.74, 6) is 0.215. The lowest BCUT2D eigenvalue weighted by Gasteiger charge is -2.14. The third-order valence-electron chi connectivity index (χ3n) is 3.34. The van der Waals surface area contributed by atoms with Crippen molar-refractivity contribution < 1.29 is 14.3 Å². The van der Waals surface area contributed by atoms with Crippen molar-refractivity contribution in [3.05, 3.63) is 41.4 Å². The van der Waals surface area contributed by atoms with Gasteiger partial charge in [-0.3, -0.25) is 9.69 Å². The van der Waals surface area contributed by atoms with Crippen LogP contribution in [-0.4, -0.2) is 36.5 Å². The zero-order valence-electron chi connectivity index (χ0n) is 11.1. The number of amides is 3. The SMILES string of the molecule is O=C(COc1ccc(Cl)c2ccccc12)N1CCNC1=O. The molecule has 5 nitrogen and oxygen atoms in total. The minimum atomic E-state index is -0.371. The number of carbonyl (C=O) groups is 2. The Labute approximate surface area is 126 Å². The summed E-state index contributed by atoms with van der Waals surface area (Å²) >= 11 is 6.13. The molecule has 1 aliphatic heterocycles. The molecule has 0 unspecified atom stereocenters. The second kappa shape index (κ2) is 5.61. The van der Waals surface area contributed by atoms with Gasteiger partial charge in [0.25, 0.3) is 5.91 Å². The van der Waals surface area contributed by atoms with Crippen molar-refractivity contribution in [2.45, 2.75) is 0 Å². The molecule has 1 saturated heterocycles. The molecule has 2 aromatic rings.